The minimum Gasteiger partial charge on any atom is -0.493 e. The third kappa shape index (κ3) is 9.13. The predicted octanol–water partition coefficient (Wildman–Crippen LogP) is 6.76. The van der Waals surface area contributed by atoms with Gasteiger partial charge in [-0.05, 0) is 72.6 Å². The summed E-state index contributed by atoms with van der Waals surface area (Å²) in [5, 5.41) is 7.50. The fourth-order valence-corrected chi connectivity index (χ4v) is 4.22. The van der Waals surface area contributed by atoms with Gasteiger partial charge in [-0.1, -0.05) is 53.5 Å². The maximum atomic E-state index is 12.8. The highest BCUT2D eigenvalue weighted by Crippen LogP contribution is 2.36. The van der Waals surface area contributed by atoms with Crippen molar-refractivity contribution in [1.82, 2.24) is 5.43 Å². The molecule has 0 spiro atoms. The molecule has 0 saturated heterocycles. The molecule has 0 heterocycles. The van der Waals surface area contributed by atoms with Gasteiger partial charge in [0.1, 0.15) is 6.61 Å². The lowest BCUT2D eigenvalue weighted by molar-refractivity contribution is -0.118. The molecule has 11 heteroatoms. The Hall–Kier alpha value is -4.73. The summed E-state index contributed by atoms with van der Waals surface area (Å²) in [5.74, 6) is 0.608. The van der Waals surface area contributed by atoms with E-state index >= 15 is 0 Å². The van der Waals surface area contributed by atoms with Crippen LogP contribution in [-0.4, -0.2) is 38.4 Å². The summed E-state index contributed by atoms with van der Waals surface area (Å²) in [6.07, 6.45) is 1.41. The Morgan fingerprint density at radius 3 is 2.35 bits per heavy atom. The molecule has 0 fully saturated rings. The summed E-state index contributed by atoms with van der Waals surface area (Å²) in [6, 6.07) is 24.5. The number of hydrogen-bond acceptors (Lipinski definition) is 7. The lowest BCUT2D eigenvalue weighted by Crippen LogP contribution is -2.20. The van der Waals surface area contributed by atoms with E-state index in [-0.39, 0.29) is 23.1 Å². The van der Waals surface area contributed by atoms with Crippen LogP contribution >= 0.6 is 23.2 Å². The lowest BCUT2D eigenvalue weighted by atomic mass is 10.2. The second-order valence-electron chi connectivity index (χ2n) is 8.95. The van der Waals surface area contributed by atoms with Crippen LogP contribution in [0.2, 0.25) is 10.0 Å². The van der Waals surface area contributed by atoms with Crippen molar-refractivity contribution in [3.8, 4) is 23.0 Å². The minimum absolute atomic E-state index is 0.189. The highest BCUT2D eigenvalue weighted by Gasteiger charge is 2.15. The molecule has 0 unspecified atom stereocenters. The topological polar surface area (TPSA) is 107 Å². The van der Waals surface area contributed by atoms with E-state index in [0.717, 1.165) is 5.56 Å². The molecule has 4 rings (SSSR count). The summed E-state index contributed by atoms with van der Waals surface area (Å²) in [4.78, 5) is 25.1. The smallest absolute Gasteiger partial charge is 0.271 e. The average Bonchev–Trinajstić information content (AvgIpc) is 3.01. The molecular weight excluding hydrogens is 593 g/mol. The van der Waals surface area contributed by atoms with Crippen molar-refractivity contribution in [3.05, 3.63) is 112 Å². The molecule has 0 atom stereocenters. The summed E-state index contributed by atoms with van der Waals surface area (Å²) < 4.78 is 22.6. The summed E-state index contributed by atoms with van der Waals surface area (Å²) in [6.45, 7) is 2.31. The number of carbonyl (C=O) groups excluding carboxylic acids is 2. The standard InChI is InChI=1S/C32H29Cl2N3O6/c1-3-41-28-17-23(9-14-27(28)42-19-21-7-5-4-6-8-21)32(39)37-35-18-22-15-26(34)31(29(16-22)40-2)43-20-30(38)36-25-12-10-24(33)11-13-25/h4-18H,3,19-20H2,1-2H3,(H,36,38)(H,37,39)/b35-18+. The zero-order chi connectivity index (χ0) is 30.6. The number of hydrazone groups is 1. The predicted molar refractivity (Wildman–Crippen MR) is 167 cm³/mol. The number of halogens is 2. The summed E-state index contributed by atoms with van der Waals surface area (Å²) in [7, 11) is 1.44. The molecule has 0 aromatic heterocycles. The second kappa shape index (κ2) is 15.5. The zero-order valence-electron chi connectivity index (χ0n) is 23.4. The van der Waals surface area contributed by atoms with Crippen LogP contribution in [-0.2, 0) is 11.4 Å². The van der Waals surface area contributed by atoms with Crippen LogP contribution in [0.15, 0.2) is 90.0 Å². The minimum atomic E-state index is -0.448. The first-order chi connectivity index (χ1) is 20.9. The molecule has 2 amide bonds. The van der Waals surface area contributed by atoms with Crippen LogP contribution in [0.1, 0.15) is 28.4 Å². The molecule has 0 aliphatic rings. The van der Waals surface area contributed by atoms with E-state index in [1.54, 1.807) is 54.6 Å². The molecule has 0 aliphatic carbocycles. The third-order valence-electron chi connectivity index (χ3n) is 5.85. The van der Waals surface area contributed by atoms with Crippen molar-refractivity contribution in [2.24, 2.45) is 5.10 Å². The van der Waals surface area contributed by atoms with Gasteiger partial charge >= 0.3 is 0 Å². The van der Waals surface area contributed by atoms with E-state index in [1.165, 1.54) is 13.3 Å². The summed E-state index contributed by atoms with van der Waals surface area (Å²) in [5.41, 5.74) is 4.94. The first-order valence-electron chi connectivity index (χ1n) is 13.2. The number of ether oxygens (including phenoxy) is 4. The molecular formula is C32H29Cl2N3O6. The Morgan fingerprint density at radius 2 is 1.63 bits per heavy atom. The van der Waals surface area contributed by atoms with Gasteiger partial charge in [0.2, 0.25) is 0 Å². The highest BCUT2D eigenvalue weighted by molar-refractivity contribution is 6.32. The van der Waals surface area contributed by atoms with Gasteiger partial charge < -0.3 is 24.3 Å². The van der Waals surface area contributed by atoms with Gasteiger partial charge in [0.15, 0.2) is 29.6 Å². The van der Waals surface area contributed by atoms with Gasteiger partial charge in [0.05, 0.1) is 25.0 Å². The molecule has 4 aromatic carbocycles. The largest absolute Gasteiger partial charge is 0.493 e. The normalized spacial score (nSPS) is 10.7. The van der Waals surface area contributed by atoms with Crippen molar-refractivity contribution in [2.75, 3.05) is 25.6 Å². The molecule has 9 nitrogen and oxygen atoms in total. The Labute approximate surface area is 259 Å². The first kappa shape index (κ1) is 31.2. The van der Waals surface area contributed by atoms with Crippen molar-refractivity contribution in [1.29, 1.82) is 0 Å². The number of carbonyl (C=O) groups is 2. The second-order valence-corrected chi connectivity index (χ2v) is 9.79. The maximum Gasteiger partial charge on any atom is 0.271 e. The van der Waals surface area contributed by atoms with E-state index in [9.17, 15) is 9.59 Å². The van der Waals surface area contributed by atoms with Gasteiger partial charge in [0.25, 0.3) is 11.8 Å². The Morgan fingerprint density at radius 1 is 0.860 bits per heavy atom. The Balaban J connectivity index is 1.36. The van der Waals surface area contributed by atoms with E-state index in [4.69, 9.17) is 42.1 Å². The number of amides is 2. The van der Waals surface area contributed by atoms with Crippen LogP contribution in [0.4, 0.5) is 5.69 Å². The number of rotatable bonds is 13. The third-order valence-corrected chi connectivity index (χ3v) is 6.38. The summed E-state index contributed by atoms with van der Waals surface area (Å²) >= 11 is 12.3. The molecule has 0 aliphatic heterocycles. The molecule has 4 aromatic rings. The number of nitrogens with zero attached hydrogens (tertiary/aromatic N) is 1. The quantitative estimate of drug-likeness (QED) is 0.126. The van der Waals surface area contributed by atoms with E-state index in [1.807, 2.05) is 37.3 Å². The molecule has 0 saturated carbocycles. The van der Waals surface area contributed by atoms with Crippen molar-refractivity contribution in [2.45, 2.75) is 13.5 Å². The van der Waals surface area contributed by atoms with E-state index in [2.05, 4.69) is 15.8 Å². The monoisotopic (exact) mass is 621 g/mol. The van der Waals surface area contributed by atoms with E-state index < -0.39 is 11.8 Å². The molecule has 222 valence electrons. The molecule has 0 bridgehead atoms. The molecule has 0 radical (unpaired) electrons. The van der Waals surface area contributed by atoms with Crippen molar-refractivity contribution < 1.29 is 28.5 Å². The number of hydrogen-bond donors (Lipinski definition) is 2. The molecule has 2 N–H and O–H groups in total. The zero-order valence-corrected chi connectivity index (χ0v) is 24.9. The number of nitrogens with one attached hydrogen (secondary N) is 2. The SMILES string of the molecule is CCOc1cc(C(=O)N/N=C/c2cc(Cl)c(OCC(=O)Nc3ccc(Cl)cc3)c(OC)c2)ccc1OCc1ccccc1. The van der Waals surface area contributed by atoms with Gasteiger partial charge in [0, 0.05) is 16.3 Å². The lowest BCUT2D eigenvalue weighted by Gasteiger charge is -2.13. The van der Waals surface area contributed by atoms with Crippen LogP contribution in [0.3, 0.4) is 0 Å². The van der Waals surface area contributed by atoms with Crippen molar-refractivity contribution >= 4 is 46.9 Å². The number of anilines is 1. The van der Waals surface area contributed by atoms with Crippen LogP contribution in [0.25, 0.3) is 0 Å². The number of benzene rings is 4. The van der Waals surface area contributed by atoms with Crippen LogP contribution in [0.5, 0.6) is 23.0 Å². The molecule has 43 heavy (non-hydrogen) atoms. The Bertz CT molecular complexity index is 1580. The maximum absolute atomic E-state index is 12.8. The van der Waals surface area contributed by atoms with Gasteiger partial charge in [-0.25, -0.2) is 5.43 Å². The fraction of sp³-hybridized carbons (Fsp3) is 0.156. The van der Waals surface area contributed by atoms with Gasteiger partial charge in [-0.15, -0.1) is 0 Å². The number of methoxy groups -OCH3 is 1. The van der Waals surface area contributed by atoms with Crippen molar-refractivity contribution in [3.63, 3.8) is 0 Å². The van der Waals surface area contributed by atoms with Gasteiger partial charge in [-0.2, -0.15) is 5.10 Å². The van der Waals surface area contributed by atoms with E-state index in [0.29, 0.717) is 46.5 Å². The highest BCUT2D eigenvalue weighted by atomic mass is 35.5. The van der Waals surface area contributed by atoms with Gasteiger partial charge in [-0.3, -0.25) is 9.59 Å². The van der Waals surface area contributed by atoms with Crippen LogP contribution < -0.4 is 29.7 Å². The average molecular weight is 623 g/mol. The van der Waals surface area contributed by atoms with Crippen LogP contribution in [0, 0.1) is 0 Å². The Kier molecular flexibility index (Phi) is 11.2. The fourth-order valence-electron chi connectivity index (χ4n) is 3.82. The first-order valence-corrected chi connectivity index (χ1v) is 13.9.